The van der Waals surface area contributed by atoms with Crippen LogP contribution in [0, 0.1) is 0 Å². The smallest absolute Gasteiger partial charge is 0.160 e. The topological polar surface area (TPSA) is 60.7 Å². The molecule has 0 heterocycles. The van der Waals surface area contributed by atoms with Crippen molar-refractivity contribution in [1.82, 2.24) is 0 Å². The Balaban J connectivity index is 3.09. The van der Waals surface area contributed by atoms with E-state index in [9.17, 15) is 5.11 Å². The van der Waals surface area contributed by atoms with Crippen molar-refractivity contribution in [1.29, 1.82) is 0 Å². The number of halogens is 1. The minimum absolute atomic E-state index is 0.0521. The summed E-state index contributed by atoms with van der Waals surface area (Å²) >= 11 is 3.16. The maximum Gasteiger partial charge on any atom is 0.160 e. The summed E-state index contributed by atoms with van der Waals surface area (Å²) < 4.78 is 0.682. The maximum atomic E-state index is 9.27. The van der Waals surface area contributed by atoms with Crippen LogP contribution in [0.4, 0.5) is 0 Å². The lowest BCUT2D eigenvalue weighted by atomic mass is 10.1. The van der Waals surface area contributed by atoms with E-state index in [1.165, 1.54) is 6.07 Å². The molecule has 12 heavy (non-hydrogen) atoms. The minimum atomic E-state index is -0.173. The molecule has 0 atom stereocenters. The standard InChI is InChI=1S/C8H9BrO3/c9-6-3-5(1-2-10)8(12)7(11)4-6/h3-4,10-12H,1-2H2. The lowest BCUT2D eigenvalue weighted by molar-refractivity contribution is 0.296. The molecule has 3 nitrogen and oxygen atoms in total. The summed E-state index contributed by atoms with van der Waals surface area (Å²) in [5, 5.41) is 27.0. The quantitative estimate of drug-likeness (QED) is 0.676. The van der Waals surface area contributed by atoms with Gasteiger partial charge in [0.15, 0.2) is 11.5 Å². The van der Waals surface area contributed by atoms with Crippen molar-refractivity contribution in [3.05, 3.63) is 22.2 Å². The van der Waals surface area contributed by atoms with Gasteiger partial charge in [0.1, 0.15) is 0 Å². The highest BCUT2D eigenvalue weighted by Gasteiger charge is 2.06. The zero-order valence-electron chi connectivity index (χ0n) is 6.29. The maximum absolute atomic E-state index is 9.27. The Bertz CT molecular complexity index is 286. The summed E-state index contributed by atoms with van der Waals surface area (Å²) in [5.41, 5.74) is 0.532. The molecule has 0 saturated heterocycles. The first-order chi connectivity index (χ1) is 5.65. The fourth-order valence-electron chi connectivity index (χ4n) is 0.951. The molecule has 0 amide bonds. The van der Waals surface area contributed by atoms with Gasteiger partial charge in [-0.15, -0.1) is 0 Å². The molecule has 0 spiro atoms. The number of phenolic OH excluding ortho intramolecular Hbond substituents is 2. The number of benzene rings is 1. The Morgan fingerprint density at radius 3 is 2.50 bits per heavy atom. The van der Waals surface area contributed by atoms with Crippen LogP contribution in [0.1, 0.15) is 5.56 Å². The average Bonchev–Trinajstić information content (AvgIpc) is 2.00. The number of aromatic hydroxyl groups is 2. The second-order valence-corrected chi connectivity index (χ2v) is 3.32. The van der Waals surface area contributed by atoms with Gasteiger partial charge >= 0.3 is 0 Å². The van der Waals surface area contributed by atoms with E-state index < -0.39 is 0 Å². The largest absolute Gasteiger partial charge is 0.504 e. The summed E-state index contributed by atoms with van der Waals surface area (Å²) in [4.78, 5) is 0. The molecule has 0 bridgehead atoms. The van der Waals surface area contributed by atoms with Gasteiger partial charge in [0.2, 0.25) is 0 Å². The van der Waals surface area contributed by atoms with Gasteiger partial charge in [-0.25, -0.2) is 0 Å². The molecule has 1 rings (SSSR count). The first-order valence-corrected chi connectivity index (χ1v) is 4.25. The van der Waals surface area contributed by atoms with E-state index in [0.717, 1.165) is 0 Å². The van der Waals surface area contributed by atoms with E-state index in [1.54, 1.807) is 6.07 Å². The van der Waals surface area contributed by atoms with Crippen molar-refractivity contribution in [3.8, 4) is 11.5 Å². The van der Waals surface area contributed by atoms with E-state index in [1.807, 2.05) is 0 Å². The highest BCUT2D eigenvalue weighted by molar-refractivity contribution is 9.10. The Kier molecular flexibility index (Phi) is 2.94. The molecule has 0 aromatic heterocycles. The van der Waals surface area contributed by atoms with E-state index >= 15 is 0 Å². The molecule has 0 aliphatic carbocycles. The predicted molar refractivity (Wildman–Crippen MR) is 48.3 cm³/mol. The summed E-state index contributed by atoms with van der Waals surface area (Å²) in [6.07, 6.45) is 0.332. The van der Waals surface area contributed by atoms with Gasteiger partial charge in [-0.2, -0.15) is 0 Å². The molecule has 0 fully saturated rings. The summed E-state index contributed by atoms with van der Waals surface area (Å²) in [5.74, 6) is -0.333. The zero-order valence-corrected chi connectivity index (χ0v) is 7.87. The normalized spacial score (nSPS) is 10.2. The van der Waals surface area contributed by atoms with Crippen molar-refractivity contribution in [2.45, 2.75) is 6.42 Å². The van der Waals surface area contributed by atoms with Gasteiger partial charge in [-0.1, -0.05) is 15.9 Å². The Morgan fingerprint density at radius 2 is 1.92 bits per heavy atom. The summed E-state index contributed by atoms with van der Waals surface area (Å²) in [6, 6.07) is 3.06. The molecule has 0 saturated carbocycles. The number of rotatable bonds is 2. The second-order valence-electron chi connectivity index (χ2n) is 2.41. The van der Waals surface area contributed by atoms with Crippen molar-refractivity contribution in [3.63, 3.8) is 0 Å². The predicted octanol–water partition coefficient (Wildman–Crippen LogP) is 1.40. The lowest BCUT2D eigenvalue weighted by Gasteiger charge is -2.04. The van der Waals surface area contributed by atoms with Crippen molar-refractivity contribution in [2.75, 3.05) is 6.61 Å². The van der Waals surface area contributed by atoms with Gasteiger partial charge in [0.25, 0.3) is 0 Å². The Labute approximate surface area is 78.4 Å². The molecule has 66 valence electrons. The van der Waals surface area contributed by atoms with E-state index in [0.29, 0.717) is 16.5 Å². The minimum Gasteiger partial charge on any atom is -0.504 e. The van der Waals surface area contributed by atoms with Crippen LogP contribution in [0.5, 0.6) is 11.5 Å². The lowest BCUT2D eigenvalue weighted by Crippen LogP contribution is -1.91. The summed E-state index contributed by atoms with van der Waals surface area (Å²) in [7, 11) is 0. The van der Waals surface area contributed by atoms with Crippen molar-refractivity contribution < 1.29 is 15.3 Å². The number of aliphatic hydroxyl groups is 1. The molecule has 4 heteroatoms. The van der Waals surface area contributed by atoms with E-state index in [4.69, 9.17) is 10.2 Å². The van der Waals surface area contributed by atoms with Crippen LogP contribution >= 0.6 is 15.9 Å². The highest BCUT2D eigenvalue weighted by atomic mass is 79.9. The van der Waals surface area contributed by atoms with Crippen LogP contribution in [0.25, 0.3) is 0 Å². The highest BCUT2D eigenvalue weighted by Crippen LogP contribution is 2.32. The van der Waals surface area contributed by atoms with Crippen LogP contribution in [-0.4, -0.2) is 21.9 Å². The van der Waals surface area contributed by atoms with Gasteiger partial charge in [0.05, 0.1) is 0 Å². The monoisotopic (exact) mass is 232 g/mol. The van der Waals surface area contributed by atoms with Gasteiger partial charge < -0.3 is 15.3 Å². The SMILES string of the molecule is OCCc1cc(Br)cc(O)c1O. The van der Waals surface area contributed by atoms with Gasteiger partial charge in [-0.3, -0.25) is 0 Å². The fraction of sp³-hybridized carbons (Fsp3) is 0.250. The second kappa shape index (κ2) is 3.78. The molecule has 3 N–H and O–H groups in total. The molecular formula is C8H9BrO3. The average molecular weight is 233 g/mol. The molecule has 1 aromatic rings. The first kappa shape index (κ1) is 9.35. The third-order valence-corrected chi connectivity index (χ3v) is 1.97. The molecule has 0 unspecified atom stereocenters. The number of hydrogen-bond acceptors (Lipinski definition) is 3. The van der Waals surface area contributed by atoms with Gasteiger partial charge in [0, 0.05) is 16.6 Å². The van der Waals surface area contributed by atoms with Crippen molar-refractivity contribution in [2.24, 2.45) is 0 Å². The number of phenols is 2. The molecular weight excluding hydrogens is 224 g/mol. The molecule has 0 radical (unpaired) electrons. The van der Waals surface area contributed by atoms with E-state index in [-0.39, 0.29) is 18.1 Å². The van der Waals surface area contributed by atoms with E-state index in [2.05, 4.69) is 15.9 Å². The first-order valence-electron chi connectivity index (χ1n) is 3.46. The third kappa shape index (κ3) is 1.89. The fourth-order valence-corrected chi connectivity index (χ4v) is 1.44. The van der Waals surface area contributed by atoms with Crippen LogP contribution in [0.3, 0.4) is 0 Å². The van der Waals surface area contributed by atoms with Crippen LogP contribution in [0.2, 0.25) is 0 Å². The van der Waals surface area contributed by atoms with Crippen molar-refractivity contribution >= 4 is 15.9 Å². The summed E-state index contributed by atoms with van der Waals surface area (Å²) in [6.45, 7) is -0.0521. The van der Waals surface area contributed by atoms with Crippen LogP contribution in [-0.2, 0) is 6.42 Å². The Morgan fingerprint density at radius 1 is 1.25 bits per heavy atom. The zero-order chi connectivity index (χ0) is 9.14. The molecule has 0 aliphatic rings. The number of aliphatic hydroxyl groups excluding tert-OH is 1. The molecule has 0 aliphatic heterocycles. The third-order valence-electron chi connectivity index (χ3n) is 1.51. The van der Waals surface area contributed by atoms with Crippen LogP contribution < -0.4 is 0 Å². The number of hydrogen-bond donors (Lipinski definition) is 3. The molecule has 1 aromatic carbocycles. The van der Waals surface area contributed by atoms with Gasteiger partial charge in [-0.05, 0) is 18.6 Å². The van der Waals surface area contributed by atoms with Crippen LogP contribution in [0.15, 0.2) is 16.6 Å². The Hall–Kier alpha value is -0.740.